The minimum atomic E-state index is 0.0617. The van der Waals surface area contributed by atoms with Crippen LogP contribution in [0.25, 0.3) is 11.5 Å². The van der Waals surface area contributed by atoms with Crippen molar-refractivity contribution in [1.29, 1.82) is 0 Å². The van der Waals surface area contributed by atoms with Crippen LogP contribution >= 0.6 is 11.8 Å². The van der Waals surface area contributed by atoms with E-state index in [2.05, 4.69) is 22.1 Å². The zero-order valence-electron chi connectivity index (χ0n) is 11.9. The summed E-state index contributed by atoms with van der Waals surface area (Å²) in [7, 11) is 0. The molecular weight excluding hydrogens is 282 g/mol. The Morgan fingerprint density at radius 1 is 1.05 bits per heavy atom. The van der Waals surface area contributed by atoms with Crippen molar-refractivity contribution in [2.45, 2.75) is 24.1 Å². The molecule has 4 nitrogen and oxygen atoms in total. The van der Waals surface area contributed by atoms with Crippen molar-refractivity contribution in [3.63, 3.8) is 0 Å². The van der Waals surface area contributed by atoms with Gasteiger partial charge in [-0.15, -0.1) is 10.2 Å². The molecule has 0 spiro atoms. The minimum Gasteiger partial charge on any atom is -0.419 e. The van der Waals surface area contributed by atoms with E-state index in [0.29, 0.717) is 11.8 Å². The molecule has 0 aliphatic carbocycles. The van der Waals surface area contributed by atoms with Crippen molar-refractivity contribution in [1.82, 2.24) is 15.2 Å². The van der Waals surface area contributed by atoms with E-state index in [4.69, 9.17) is 4.42 Å². The zero-order valence-corrected chi connectivity index (χ0v) is 12.7. The molecular formula is C16H15N3OS. The average molecular weight is 297 g/mol. The summed E-state index contributed by atoms with van der Waals surface area (Å²) in [4.78, 5) is 4.29. The molecule has 106 valence electrons. The van der Waals surface area contributed by atoms with Crippen LogP contribution in [0.2, 0.25) is 0 Å². The molecule has 1 aromatic carbocycles. The van der Waals surface area contributed by atoms with Crippen LogP contribution in [0.15, 0.2) is 58.1 Å². The first-order chi connectivity index (χ1) is 10.2. The fourth-order valence-electron chi connectivity index (χ4n) is 1.86. The maximum absolute atomic E-state index is 5.77. The maximum Gasteiger partial charge on any atom is 0.247 e. The molecule has 0 N–H and O–H groups in total. The van der Waals surface area contributed by atoms with Crippen LogP contribution in [0, 0.1) is 6.92 Å². The van der Waals surface area contributed by atoms with Gasteiger partial charge in [0.15, 0.2) is 0 Å². The second-order valence-corrected chi connectivity index (χ2v) is 6.10. The van der Waals surface area contributed by atoms with Gasteiger partial charge >= 0.3 is 0 Å². The first kappa shape index (κ1) is 13.8. The van der Waals surface area contributed by atoms with Crippen LogP contribution < -0.4 is 0 Å². The third-order valence-corrected chi connectivity index (χ3v) is 4.06. The van der Waals surface area contributed by atoms with E-state index in [9.17, 15) is 0 Å². The van der Waals surface area contributed by atoms with Crippen LogP contribution in [0.3, 0.4) is 0 Å². The molecule has 21 heavy (non-hydrogen) atoms. The first-order valence-corrected chi connectivity index (χ1v) is 7.58. The number of aromatic nitrogens is 3. The van der Waals surface area contributed by atoms with E-state index in [1.54, 1.807) is 18.0 Å². The highest BCUT2D eigenvalue weighted by Gasteiger charge is 2.16. The van der Waals surface area contributed by atoms with Crippen molar-refractivity contribution in [3.05, 3.63) is 60.1 Å². The summed E-state index contributed by atoms with van der Waals surface area (Å²) in [6.07, 6.45) is 1.78. The third-order valence-electron chi connectivity index (χ3n) is 3.02. The predicted octanol–water partition coefficient (Wildman–Crippen LogP) is 4.29. The summed E-state index contributed by atoms with van der Waals surface area (Å²) in [5.74, 6) is 1.17. The molecule has 0 unspecified atom stereocenters. The Kier molecular flexibility index (Phi) is 4.01. The highest BCUT2D eigenvalue weighted by atomic mass is 32.2. The van der Waals surface area contributed by atoms with Crippen LogP contribution in [-0.2, 0) is 0 Å². The quantitative estimate of drug-likeness (QED) is 0.672. The molecule has 5 heteroatoms. The lowest BCUT2D eigenvalue weighted by Gasteiger charge is -2.05. The smallest absolute Gasteiger partial charge is 0.247 e. The number of hydrogen-bond donors (Lipinski definition) is 0. The van der Waals surface area contributed by atoms with Crippen molar-refractivity contribution in [2.24, 2.45) is 0 Å². The Bertz CT molecular complexity index is 710. The van der Waals surface area contributed by atoms with Gasteiger partial charge in [-0.3, -0.25) is 0 Å². The second-order valence-electron chi connectivity index (χ2n) is 4.74. The molecule has 3 aromatic rings. The molecule has 0 radical (unpaired) electrons. The molecule has 0 fully saturated rings. The molecule has 3 rings (SSSR count). The summed E-state index contributed by atoms with van der Waals surface area (Å²) < 4.78 is 5.77. The molecule has 0 amide bonds. The Morgan fingerprint density at radius 3 is 2.57 bits per heavy atom. The van der Waals surface area contributed by atoms with Gasteiger partial charge in [-0.05, 0) is 38.1 Å². The highest BCUT2D eigenvalue weighted by Crippen LogP contribution is 2.33. The van der Waals surface area contributed by atoms with E-state index >= 15 is 0 Å². The van der Waals surface area contributed by atoms with Gasteiger partial charge in [0.2, 0.25) is 11.8 Å². The van der Waals surface area contributed by atoms with Crippen molar-refractivity contribution in [3.8, 4) is 11.5 Å². The van der Waals surface area contributed by atoms with Crippen LogP contribution in [0.5, 0.6) is 0 Å². The first-order valence-electron chi connectivity index (χ1n) is 6.70. The third kappa shape index (κ3) is 3.31. The Labute approximate surface area is 127 Å². The van der Waals surface area contributed by atoms with Gasteiger partial charge < -0.3 is 4.42 Å². The van der Waals surface area contributed by atoms with Gasteiger partial charge in [-0.1, -0.05) is 35.5 Å². The van der Waals surface area contributed by atoms with Gasteiger partial charge in [0.05, 0.1) is 10.3 Å². The van der Waals surface area contributed by atoms with E-state index in [1.165, 1.54) is 5.56 Å². The predicted molar refractivity (Wildman–Crippen MR) is 83.0 cm³/mol. The van der Waals surface area contributed by atoms with Crippen molar-refractivity contribution >= 4 is 11.8 Å². The van der Waals surface area contributed by atoms with E-state index in [1.807, 2.05) is 49.4 Å². The summed E-state index contributed by atoms with van der Waals surface area (Å²) in [6, 6.07) is 13.9. The second kappa shape index (κ2) is 6.10. The lowest BCUT2D eigenvalue weighted by molar-refractivity contribution is 0.509. The SMILES string of the molecule is Cc1ccc(-c2nnc([C@H](C)Sc3ccccn3)o2)cc1. The number of benzene rings is 1. The molecule has 1 atom stereocenters. The monoisotopic (exact) mass is 297 g/mol. The van der Waals surface area contributed by atoms with Crippen molar-refractivity contribution < 1.29 is 4.42 Å². The number of aryl methyl sites for hydroxylation is 1. The van der Waals surface area contributed by atoms with Gasteiger partial charge in [-0.25, -0.2) is 4.98 Å². The topological polar surface area (TPSA) is 51.8 Å². The summed E-state index contributed by atoms with van der Waals surface area (Å²) in [5.41, 5.74) is 2.15. The summed E-state index contributed by atoms with van der Waals surface area (Å²) in [6.45, 7) is 4.08. The van der Waals surface area contributed by atoms with Crippen LogP contribution in [0.4, 0.5) is 0 Å². The molecule has 0 saturated heterocycles. The molecule has 0 aliphatic heterocycles. The number of thioether (sulfide) groups is 1. The summed E-state index contributed by atoms with van der Waals surface area (Å²) >= 11 is 1.60. The average Bonchev–Trinajstić information content (AvgIpc) is 2.99. The number of hydrogen-bond acceptors (Lipinski definition) is 5. The van der Waals surface area contributed by atoms with Gasteiger partial charge in [0.1, 0.15) is 0 Å². The standard InChI is InChI=1S/C16H15N3OS/c1-11-6-8-13(9-7-11)16-19-18-15(20-16)12(2)21-14-5-3-4-10-17-14/h3-10,12H,1-2H3/t12-/m0/s1. The van der Waals surface area contributed by atoms with E-state index in [-0.39, 0.29) is 5.25 Å². The molecule has 0 saturated carbocycles. The molecule has 2 aromatic heterocycles. The fraction of sp³-hybridized carbons (Fsp3) is 0.188. The maximum atomic E-state index is 5.77. The minimum absolute atomic E-state index is 0.0617. The van der Waals surface area contributed by atoms with Gasteiger partial charge in [0.25, 0.3) is 0 Å². The summed E-state index contributed by atoms with van der Waals surface area (Å²) in [5, 5.41) is 9.28. The van der Waals surface area contributed by atoms with Crippen molar-refractivity contribution in [2.75, 3.05) is 0 Å². The zero-order chi connectivity index (χ0) is 14.7. The molecule has 2 heterocycles. The largest absolute Gasteiger partial charge is 0.419 e. The Hall–Kier alpha value is -2.14. The number of pyridine rings is 1. The normalized spacial score (nSPS) is 12.3. The Morgan fingerprint density at radius 2 is 1.86 bits per heavy atom. The van der Waals surface area contributed by atoms with Gasteiger partial charge in [-0.2, -0.15) is 0 Å². The van der Waals surface area contributed by atoms with E-state index < -0.39 is 0 Å². The fourth-order valence-corrected chi connectivity index (χ4v) is 2.70. The lowest BCUT2D eigenvalue weighted by atomic mass is 10.1. The molecule has 0 aliphatic rings. The van der Waals surface area contributed by atoms with Gasteiger partial charge in [0, 0.05) is 11.8 Å². The van der Waals surface area contributed by atoms with E-state index in [0.717, 1.165) is 10.6 Å². The lowest BCUT2D eigenvalue weighted by Crippen LogP contribution is -1.89. The number of nitrogens with zero attached hydrogens (tertiary/aromatic N) is 3. The number of rotatable bonds is 4. The van der Waals surface area contributed by atoms with Crippen LogP contribution in [0.1, 0.15) is 23.6 Å². The Balaban J connectivity index is 1.76. The highest BCUT2D eigenvalue weighted by molar-refractivity contribution is 7.99. The van der Waals surface area contributed by atoms with Crippen LogP contribution in [-0.4, -0.2) is 15.2 Å². The molecule has 0 bridgehead atoms.